The van der Waals surface area contributed by atoms with Gasteiger partial charge in [-0.05, 0) is 45.4 Å². The van der Waals surface area contributed by atoms with E-state index >= 15 is 0 Å². The van der Waals surface area contributed by atoms with E-state index in [1.165, 1.54) is 36.9 Å². The van der Waals surface area contributed by atoms with Gasteiger partial charge in [0, 0.05) is 51.7 Å². The van der Waals surface area contributed by atoms with Crippen molar-refractivity contribution in [3.63, 3.8) is 0 Å². The highest BCUT2D eigenvalue weighted by Crippen LogP contribution is 2.40. The van der Waals surface area contributed by atoms with Crippen molar-refractivity contribution in [1.82, 2.24) is 20.4 Å². The van der Waals surface area contributed by atoms with Gasteiger partial charge in [-0.1, -0.05) is 12.8 Å². The minimum Gasteiger partial charge on any atom is -0.382 e. The minimum atomic E-state index is 0. The zero-order valence-electron chi connectivity index (χ0n) is 17.0. The van der Waals surface area contributed by atoms with Crippen molar-refractivity contribution in [2.24, 2.45) is 17.5 Å². The molecular weight excluding hydrogens is 441 g/mol. The summed E-state index contributed by atoms with van der Waals surface area (Å²) in [6, 6.07) is 0. The third kappa shape index (κ3) is 6.11. The van der Waals surface area contributed by atoms with Gasteiger partial charge in [-0.3, -0.25) is 9.67 Å². The predicted molar refractivity (Wildman–Crippen MR) is 118 cm³/mol. The number of ether oxygens (including phenoxy) is 1. The summed E-state index contributed by atoms with van der Waals surface area (Å²) < 4.78 is 7.54. The molecule has 2 N–H and O–H groups in total. The molecule has 6 nitrogen and oxygen atoms in total. The van der Waals surface area contributed by atoms with E-state index in [1.807, 2.05) is 18.8 Å². The number of hydrogen-bond donors (Lipinski definition) is 2. The lowest BCUT2D eigenvalue weighted by Crippen LogP contribution is -2.43. The topological polar surface area (TPSA) is 63.5 Å². The highest BCUT2D eigenvalue weighted by atomic mass is 127. The highest BCUT2D eigenvalue weighted by Gasteiger charge is 2.33. The van der Waals surface area contributed by atoms with E-state index in [2.05, 4.69) is 41.5 Å². The standard InChI is InChI=1S/C19H35N5O.HI/c1-6-25-12-11-19(9-7-8-10-19)14-22-18(20-4)21-13-17-15(2)23-24(5)16(17)3;/h6-14H2,1-5H3,(H2,20,21,22);1H. The first-order valence-corrected chi connectivity index (χ1v) is 9.52. The second kappa shape index (κ2) is 11.1. The third-order valence-corrected chi connectivity index (χ3v) is 5.59. The first-order chi connectivity index (χ1) is 12.0. The zero-order valence-corrected chi connectivity index (χ0v) is 19.4. The number of rotatable bonds is 8. The number of nitrogens with one attached hydrogen (secondary N) is 2. The Bertz CT molecular complexity index is 579. The molecule has 7 heteroatoms. The van der Waals surface area contributed by atoms with Crippen LogP contribution >= 0.6 is 24.0 Å². The maximum Gasteiger partial charge on any atom is 0.191 e. The fourth-order valence-electron chi connectivity index (χ4n) is 3.81. The molecule has 0 aliphatic heterocycles. The fourth-order valence-corrected chi connectivity index (χ4v) is 3.81. The molecule has 26 heavy (non-hydrogen) atoms. The van der Waals surface area contributed by atoms with Gasteiger partial charge < -0.3 is 15.4 Å². The van der Waals surface area contributed by atoms with Crippen LogP contribution in [-0.4, -0.2) is 42.5 Å². The molecule has 1 aromatic heterocycles. The van der Waals surface area contributed by atoms with Crippen LogP contribution in [0, 0.1) is 19.3 Å². The van der Waals surface area contributed by atoms with Gasteiger partial charge in [-0.25, -0.2) is 0 Å². The van der Waals surface area contributed by atoms with Crippen LogP contribution in [0.1, 0.15) is 56.0 Å². The van der Waals surface area contributed by atoms with E-state index in [4.69, 9.17) is 4.74 Å². The molecule has 0 amide bonds. The number of aryl methyl sites for hydroxylation is 2. The SMILES string of the molecule is CCOCCC1(CNC(=NC)NCc2c(C)nn(C)c2C)CCCC1.I. The van der Waals surface area contributed by atoms with E-state index in [9.17, 15) is 0 Å². The molecule has 2 rings (SSSR count). The van der Waals surface area contributed by atoms with Crippen LogP contribution < -0.4 is 10.6 Å². The van der Waals surface area contributed by atoms with Crippen LogP contribution in [0.2, 0.25) is 0 Å². The number of halogens is 1. The predicted octanol–water partition coefficient (Wildman–Crippen LogP) is 3.31. The summed E-state index contributed by atoms with van der Waals surface area (Å²) in [6.45, 7) is 9.60. The average Bonchev–Trinajstić information content (AvgIpc) is 3.15. The molecule has 1 fully saturated rings. The van der Waals surface area contributed by atoms with Crippen molar-refractivity contribution in [3.05, 3.63) is 17.0 Å². The molecule has 0 aromatic carbocycles. The van der Waals surface area contributed by atoms with E-state index in [1.54, 1.807) is 0 Å². The summed E-state index contributed by atoms with van der Waals surface area (Å²) in [6.07, 6.45) is 6.35. The molecule has 0 saturated heterocycles. The van der Waals surface area contributed by atoms with Crippen LogP contribution in [0.3, 0.4) is 0 Å². The molecule has 1 aliphatic carbocycles. The molecule has 0 atom stereocenters. The Morgan fingerprint density at radius 1 is 1.27 bits per heavy atom. The molecule has 0 bridgehead atoms. The molecule has 1 aliphatic rings. The highest BCUT2D eigenvalue weighted by molar-refractivity contribution is 14.0. The van der Waals surface area contributed by atoms with Crippen molar-refractivity contribution in [2.75, 3.05) is 26.8 Å². The Morgan fingerprint density at radius 3 is 2.50 bits per heavy atom. The molecule has 0 radical (unpaired) electrons. The lowest BCUT2D eigenvalue weighted by atomic mass is 9.83. The van der Waals surface area contributed by atoms with Crippen LogP contribution in [0.4, 0.5) is 0 Å². The van der Waals surface area contributed by atoms with Crippen LogP contribution in [0.25, 0.3) is 0 Å². The second-order valence-electron chi connectivity index (χ2n) is 7.21. The minimum absolute atomic E-state index is 0. The normalized spacial score (nSPS) is 16.4. The smallest absolute Gasteiger partial charge is 0.191 e. The van der Waals surface area contributed by atoms with Gasteiger partial charge in [0.2, 0.25) is 0 Å². The summed E-state index contributed by atoms with van der Waals surface area (Å²) in [5.41, 5.74) is 3.88. The summed E-state index contributed by atoms with van der Waals surface area (Å²) in [5.74, 6) is 0.866. The van der Waals surface area contributed by atoms with Crippen molar-refractivity contribution >= 4 is 29.9 Å². The van der Waals surface area contributed by atoms with Crippen LogP contribution in [0.5, 0.6) is 0 Å². The largest absolute Gasteiger partial charge is 0.382 e. The summed E-state index contributed by atoms with van der Waals surface area (Å²) in [5, 5.41) is 11.5. The lowest BCUT2D eigenvalue weighted by molar-refractivity contribution is 0.105. The summed E-state index contributed by atoms with van der Waals surface area (Å²) >= 11 is 0. The first-order valence-electron chi connectivity index (χ1n) is 9.52. The third-order valence-electron chi connectivity index (χ3n) is 5.59. The van der Waals surface area contributed by atoms with Gasteiger partial charge in [0.25, 0.3) is 0 Å². The summed E-state index contributed by atoms with van der Waals surface area (Å²) in [7, 11) is 3.82. The van der Waals surface area contributed by atoms with E-state index < -0.39 is 0 Å². The monoisotopic (exact) mass is 477 g/mol. The Balaban J connectivity index is 0.00000338. The van der Waals surface area contributed by atoms with Gasteiger partial charge in [0.15, 0.2) is 5.96 Å². The van der Waals surface area contributed by atoms with Crippen molar-refractivity contribution in [3.8, 4) is 0 Å². The second-order valence-corrected chi connectivity index (χ2v) is 7.21. The van der Waals surface area contributed by atoms with Gasteiger partial charge in [0.05, 0.1) is 5.69 Å². The Kier molecular flexibility index (Phi) is 9.92. The van der Waals surface area contributed by atoms with Gasteiger partial charge in [-0.15, -0.1) is 24.0 Å². The Morgan fingerprint density at radius 2 is 1.96 bits per heavy atom. The van der Waals surface area contributed by atoms with E-state index in [0.29, 0.717) is 5.41 Å². The van der Waals surface area contributed by atoms with Crippen LogP contribution in [-0.2, 0) is 18.3 Å². The maximum absolute atomic E-state index is 5.60. The zero-order chi connectivity index (χ0) is 18.3. The molecule has 150 valence electrons. The average molecular weight is 477 g/mol. The van der Waals surface area contributed by atoms with Gasteiger partial charge in [0.1, 0.15) is 0 Å². The Hall–Kier alpha value is -0.830. The number of aliphatic imine (C=N–C) groups is 1. The molecular formula is C19H36IN5O. The summed E-state index contributed by atoms with van der Waals surface area (Å²) in [4.78, 5) is 4.39. The van der Waals surface area contributed by atoms with Gasteiger partial charge in [-0.2, -0.15) is 5.10 Å². The number of nitrogens with zero attached hydrogens (tertiary/aromatic N) is 3. The lowest BCUT2D eigenvalue weighted by Gasteiger charge is -2.30. The number of hydrogen-bond acceptors (Lipinski definition) is 3. The maximum atomic E-state index is 5.60. The van der Waals surface area contributed by atoms with E-state index in [0.717, 1.165) is 44.4 Å². The van der Waals surface area contributed by atoms with E-state index in [-0.39, 0.29) is 24.0 Å². The Labute approximate surface area is 175 Å². The molecule has 1 aromatic rings. The number of aromatic nitrogens is 2. The van der Waals surface area contributed by atoms with Gasteiger partial charge >= 0.3 is 0 Å². The quantitative estimate of drug-likeness (QED) is 0.261. The number of guanidine groups is 1. The molecule has 0 unspecified atom stereocenters. The van der Waals surface area contributed by atoms with Crippen LogP contribution in [0.15, 0.2) is 4.99 Å². The molecule has 1 saturated carbocycles. The molecule has 0 spiro atoms. The van der Waals surface area contributed by atoms with Crippen molar-refractivity contribution in [2.45, 2.75) is 59.4 Å². The van der Waals surface area contributed by atoms with Crippen molar-refractivity contribution < 1.29 is 4.74 Å². The first kappa shape index (κ1) is 23.2. The molecule has 1 heterocycles. The van der Waals surface area contributed by atoms with Crippen molar-refractivity contribution in [1.29, 1.82) is 0 Å². The fraction of sp³-hybridized carbons (Fsp3) is 0.789.